The van der Waals surface area contributed by atoms with Gasteiger partial charge in [0.2, 0.25) is 0 Å². The first-order valence-corrected chi connectivity index (χ1v) is 6.57. The number of aromatic nitrogens is 1. The van der Waals surface area contributed by atoms with Crippen LogP contribution in [0.1, 0.15) is 19.8 Å². The molecule has 17 heavy (non-hydrogen) atoms. The Morgan fingerprint density at radius 1 is 1.71 bits per heavy atom. The van der Waals surface area contributed by atoms with Crippen LogP contribution >= 0.6 is 15.9 Å². The number of anilines is 1. The molecule has 1 aromatic heterocycles. The van der Waals surface area contributed by atoms with Crippen molar-refractivity contribution in [2.45, 2.75) is 25.8 Å². The Hall–Kier alpha value is -1.10. The van der Waals surface area contributed by atoms with Crippen molar-refractivity contribution in [3.63, 3.8) is 0 Å². The molecule has 2 heterocycles. The SMILES string of the molecule is CCOC(=O)C1CCCN1c1ncccc1Br. The van der Waals surface area contributed by atoms with Gasteiger partial charge in [-0.3, -0.25) is 0 Å². The van der Waals surface area contributed by atoms with E-state index in [1.807, 2.05) is 24.0 Å². The van der Waals surface area contributed by atoms with Crippen molar-refractivity contribution < 1.29 is 9.53 Å². The largest absolute Gasteiger partial charge is 0.464 e. The van der Waals surface area contributed by atoms with E-state index in [9.17, 15) is 4.79 Å². The van der Waals surface area contributed by atoms with Crippen molar-refractivity contribution >= 4 is 27.7 Å². The topological polar surface area (TPSA) is 42.4 Å². The smallest absolute Gasteiger partial charge is 0.328 e. The maximum Gasteiger partial charge on any atom is 0.328 e. The molecule has 4 nitrogen and oxygen atoms in total. The molecular weight excluding hydrogens is 284 g/mol. The van der Waals surface area contributed by atoms with E-state index in [-0.39, 0.29) is 12.0 Å². The zero-order valence-electron chi connectivity index (χ0n) is 9.73. The molecule has 0 spiro atoms. The fourth-order valence-electron chi connectivity index (χ4n) is 2.09. The van der Waals surface area contributed by atoms with Crippen molar-refractivity contribution in [3.05, 3.63) is 22.8 Å². The summed E-state index contributed by atoms with van der Waals surface area (Å²) in [6, 6.07) is 3.60. The minimum Gasteiger partial charge on any atom is -0.464 e. The minimum atomic E-state index is -0.193. The number of hydrogen-bond donors (Lipinski definition) is 0. The van der Waals surface area contributed by atoms with E-state index in [1.54, 1.807) is 6.20 Å². The van der Waals surface area contributed by atoms with E-state index >= 15 is 0 Å². The second-order valence-corrected chi connectivity index (χ2v) is 4.77. The highest BCUT2D eigenvalue weighted by atomic mass is 79.9. The quantitative estimate of drug-likeness (QED) is 0.804. The number of ether oxygens (including phenoxy) is 1. The highest BCUT2D eigenvalue weighted by Crippen LogP contribution is 2.30. The van der Waals surface area contributed by atoms with Crippen LogP contribution in [0.4, 0.5) is 5.82 Å². The maximum absolute atomic E-state index is 11.8. The molecule has 1 aromatic rings. The van der Waals surface area contributed by atoms with E-state index in [2.05, 4.69) is 20.9 Å². The number of nitrogens with zero attached hydrogens (tertiary/aromatic N) is 2. The zero-order valence-corrected chi connectivity index (χ0v) is 11.3. The van der Waals surface area contributed by atoms with Gasteiger partial charge in [0.1, 0.15) is 11.9 Å². The van der Waals surface area contributed by atoms with Crippen molar-refractivity contribution in [2.75, 3.05) is 18.1 Å². The van der Waals surface area contributed by atoms with Crippen LogP contribution in [0.15, 0.2) is 22.8 Å². The van der Waals surface area contributed by atoms with E-state index in [0.717, 1.165) is 29.7 Å². The average Bonchev–Trinajstić information content (AvgIpc) is 2.79. The number of carbonyl (C=O) groups is 1. The van der Waals surface area contributed by atoms with Gasteiger partial charge in [0.15, 0.2) is 0 Å². The third-order valence-corrected chi connectivity index (χ3v) is 3.44. The van der Waals surface area contributed by atoms with Crippen LogP contribution in [-0.4, -0.2) is 30.1 Å². The highest BCUT2D eigenvalue weighted by Gasteiger charge is 2.33. The molecule has 1 aliphatic rings. The molecule has 0 N–H and O–H groups in total. The Balaban J connectivity index is 2.20. The summed E-state index contributed by atoms with van der Waals surface area (Å²) in [7, 11) is 0. The number of esters is 1. The van der Waals surface area contributed by atoms with E-state index in [1.165, 1.54) is 0 Å². The number of pyridine rings is 1. The van der Waals surface area contributed by atoms with Crippen LogP contribution < -0.4 is 4.90 Å². The molecule has 0 aliphatic carbocycles. The predicted octanol–water partition coefficient (Wildman–Crippen LogP) is 2.38. The Labute approximate surface area is 109 Å². The summed E-state index contributed by atoms with van der Waals surface area (Å²) in [6.45, 7) is 3.10. The molecule has 0 radical (unpaired) electrons. The molecule has 5 heteroatoms. The first-order valence-electron chi connectivity index (χ1n) is 5.78. The third-order valence-electron chi connectivity index (χ3n) is 2.82. The molecule has 2 rings (SSSR count). The van der Waals surface area contributed by atoms with Gasteiger partial charge in [-0.2, -0.15) is 0 Å². The summed E-state index contributed by atoms with van der Waals surface area (Å²) in [5.74, 6) is 0.672. The van der Waals surface area contributed by atoms with E-state index < -0.39 is 0 Å². The lowest BCUT2D eigenvalue weighted by Gasteiger charge is -2.24. The maximum atomic E-state index is 11.8. The standard InChI is InChI=1S/C12H15BrN2O2/c1-2-17-12(16)10-6-4-8-15(10)11-9(13)5-3-7-14-11/h3,5,7,10H,2,4,6,8H2,1H3. The van der Waals surface area contributed by atoms with Gasteiger partial charge in [-0.1, -0.05) is 0 Å². The summed E-state index contributed by atoms with van der Waals surface area (Å²) in [5, 5.41) is 0. The van der Waals surface area contributed by atoms with Crippen LogP contribution in [0.5, 0.6) is 0 Å². The molecule has 1 aliphatic heterocycles. The first-order chi connectivity index (χ1) is 8.24. The summed E-state index contributed by atoms with van der Waals surface area (Å²) in [6.07, 6.45) is 3.56. The molecule has 1 unspecified atom stereocenters. The second-order valence-electron chi connectivity index (χ2n) is 3.91. The monoisotopic (exact) mass is 298 g/mol. The Morgan fingerprint density at radius 3 is 3.24 bits per heavy atom. The van der Waals surface area contributed by atoms with Crippen molar-refractivity contribution in [2.24, 2.45) is 0 Å². The lowest BCUT2D eigenvalue weighted by molar-refractivity contribution is -0.144. The molecule has 1 fully saturated rings. The summed E-state index contributed by atoms with van der Waals surface area (Å²) < 4.78 is 6.01. The number of halogens is 1. The molecule has 0 aromatic carbocycles. The zero-order chi connectivity index (χ0) is 12.3. The van der Waals surface area contributed by atoms with Crippen LogP contribution in [-0.2, 0) is 9.53 Å². The second kappa shape index (κ2) is 5.49. The van der Waals surface area contributed by atoms with Gasteiger partial charge in [0.05, 0.1) is 11.1 Å². The van der Waals surface area contributed by atoms with E-state index in [0.29, 0.717) is 6.61 Å². The summed E-state index contributed by atoms with van der Waals surface area (Å²) in [4.78, 5) is 18.2. The number of hydrogen-bond acceptors (Lipinski definition) is 4. The number of rotatable bonds is 3. The molecule has 92 valence electrons. The fourth-order valence-corrected chi connectivity index (χ4v) is 2.58. The van der Waals surface area contributed by atoms with Gasteiger partial charge >= 0.3 is 5.97 Å². The molecule has 0 bridgehead atoms. The van der Waals surface area contributed by atoms with Crippen molar-refractivity contribution in [1.29, 1.82) is 0 Å². The lowest BCUT2D eigenvalue weighted by Crippen LogP contribution is -2.38. The van der Waals surface area contributed by atoms with Crippen molar-refractivity contribution in [3.8, 4) is 0 Å². The van der Waals surface area contributed by atoms with E-state index in [4.69, 9.17) is 4.74 Å². The Morgan fingerprint density at radius 2 is 2.53 bits per heavy atom. The fraction of sp³-hybridized carbons (Fsp3) is 0.500. The van der Waals surface area contributed by atoms with Gasteiger partial charge in [0.25, 0.3) is 0 Å². The Bertz CT molecular complexity index is 411. The Kier molecular flexibility index (Phi) is 3.99. The van der Waals surface area contributed by atoms with Crippen LogP contribution in [0, 0.1) is 0 Å². The third kappa shape index (κ3) is 2.60. The van der Waals surface area contributed by atoms with Gasteiger partial charge in [-0.05, 0) is 47.8 Å². The summed E-state index contributed by atoms with van der Waals surface area (Å²) in [5.41, 5.74) is 0. The number of carbonyl (C=O) groups excluding carboxylic acids is 1. The molecule has 1 saturated heterocycles. The normalized spacial score (nSPS) is 19.4. The van der Waals surface area contributed by atoms with Crippen LogP contribution in [0.3, 0.4) is 0 Å². The van der Waals surface area contributed by atoms with Gasteiger partial charge in [-0.25, -0.2) is 9.78 Å². The van der Waals surface area contributed by atoms with Crippen LogP contribution in [0.25, 0.3) is 0 Å². The van der Waals surface area contributed by atoms with Crippen LogP contribution in [0.2, 0.25) is 0 Å². The van der Waals surface area contributed by atoms with Crippen molar-refractivity contribution in [1.82, 2.24) is 4.98 Å². The average molecular weight is 299 g/mol. The highest BCUT2D eigenvalue weighted by molar-refractivity contribution is 9.10. The first kappa shape index (κ1) is 12.4. The molecule has 0 amide bonds. The molecular formula is C12H15BrN2O2. The minimum absolute atomic E-state index is 0.150. The summed E-state index contributed by atoms with van der Waals surface area (Å²) >= 11 is 3.47. The lowest BCUT2D eigenvalue weighted by atomic mass is 10.2. The molecule has 1 atom stereocenters. The predicted molar refractivity (Wildman–Crippen MR) is 68.9 cm³/mol. The van der Waals surface area contributed by atoms with Gasteiger partial charge in [0, 0.05) is 12.7 Å². The van der Waals surface area contributed by atoms with Gasteiger partial charge < -0.3 is 9.64 Å². The molecule has 0 saturated carbocycles. The van der Waals surface area contributed by atoms with Gasteiger partial charge in [-0.15, -0.1) is 0 Å².